The Morgan fingerprint density at radius 2 is 1.95 bits per heavy atom. The molecule has 0 fully saturated rings. The van der Waals surface area contributed by atoms with Crippen LogP contribution in [0, 0.1) is 6.92 Å². The van der Waals surface area contributed by atoms with Crippen LogP contribution in [0.25, 0.3) is 0 Å². The van der Waals surface area contributed by atoms with E-state index in [-0.39, 0.29) is 11.8 Å². The zero-order chi connectivity index (χ0) is 14.5. The highest BCUT2D eigenvalue weighted by Crippen LogP contribution is 2.09. The molecular weight excluding hydrogens is 258 g/mol. The maximum atomic E-state index is 11.9. The Morgan fingerprint density at radius 1 is 1.25 bits per heavy atom. The van der Waals surface area contributed by atoms with Crippen molar-refractivity contribution in [3.8, 4) is 0 Å². The van der Waals surface area contributed by atoms with Crippen LogP contribution in [0.2, 0.25) is 0 Å². The zero-order valence-corrected chi connectivity index (χ0v) is 11.3. The minimum absolute atomic E-state index is 0.149. The first-order chi connectivity index (χ1) is 9.54. The third-order valence-electron chi connectivity index (χ3n) is 2.57. The van der Waals surface area contributed by atoms with E-state index < -0.39 is 0 Å². The van der Waals surface area contributed by atoms with Gasteiger partial charge in [-0.15, -0.1) is 0 Å². The fourth-order valence-corrected chi connectivity index (χ4v) is 1.68. The van der Waals surface area contributed by atoms with Gasteiger partial charge in [0, 0.05) is 24.2 Å². The number of carbonyl (C=O) groups excluding carboxylic acids is 2. The number of hydrogen-bond acceptors (Lipinski definition) is 4. The number of hydrogen-bond donors (Lipinski definition) is 2. The molecule has 0 saturated heterocycles. The lowest BCUT2D eigenvalue weighted by Gasteiger charge is -2.05. The van der Waals surface area contributed by atoms with Gasteiger partial charge in [-0.25, -0.2) is 0 Å². The summed E-state index contributed by atoms with van der Waals surface area (Å²) in [6.07, 6.45) is 0. The lowest BCUT2D eigenvalue weighted by atomic mass is 10.2. The predicted octanol–water partition coefficient (Wildman–Crippen LogP) is 1.87. The Hall–Kier alpha value is -2.63. The highest BCUT2D eigenvalue weighted by atomic mass is 16.5. The third kappa shape index (κ3) is 3.68. The first-order valence-corrected chi connectivity index (χ1v) is 6.12. The number of benzene rings is 1. The third-order valence-corrected chi connectivity index (χ3v) is 2.57. The van der Waals surface area contributed by atoms with Gasteiger partial charge < -0.3 is 15.2 Å². The van der Waals surface area contributed by atoms with E-state index in [9.17, 15) is 9.59 Å². The highest BCUT2D eigenvalue weighted by Gasteiger charge is 2.07. The molecule has 2 aromatic rings. The van der Waals surface area contributed by atoms with Crippen LogP contribution in [-0.2, 0) is 11.3 Å². The zero-order valence-electron chi connectivity index (χ0n) is 11.3. The topological polar surface area (TPSA) is 84.2 Å². The molecule has 0 atom stereocenters. The van der Waals surface area contributed by atoms with Crippen molar-refractivity contribution in [3.63, 3.8) is 0 Å². The molecule has 0 radical (unpaired) electrons. The highest BCUT2D eigenvalue weighted by molar-refractivity contribution is 5.95. The molecule has 0 saturated carbocycles. The van der Waals surface area contributed by atoms with Gasteiger partial charge in [-0.3, -0.25) is 9.59 Å². The standard InChI is InChI=1S/C14H15N3O3/c1-9-7-13(17-20-9)8-15-14(19)11-3-5-12(6-4-11)16-10(2)18/h3-7H,8H2,1-2H3,(H,15,19)(H,16,18). The molecule has 1 aromatic carbocycles. The lowest BCUT2D eigenvalue weighted by molar-refractivity contribution is -0.114. The second kappa shape index (κ2) is 6.01. The number of nitrogens with one attached hydrogen (secondary N) is 2. The van der Waals surface area contributed by atoms with Crippen LogP contribution < -0.4 is 10.6 Å². The molecule has 0 spiro atoms. The second-order valence-electron chi connectivity index (χ2n) is 4.37. The average molecular weight is 273 g/mol. The average Bonchev–Trinajstić information content (AvgIpc) is 2.82. The van der Waals surface area contributed by atoms with Crippen LogP contribution in [0.4, 0.5) is 5.69 Å². The Balaban J connectivity index is 1.93. The molecule has 0 bridgehead atoms. The minimum Gasteiger partial charge on any atom is -0.361 e. The Morgan fingerprint density at radius 3 is 2.50 bits per heavy atom. The van der Waals surface area contributed by atoms with Crippen LogP contribution >= 0.6 is 0 Å². The SMILES string of the molecule is CC(=O)Nc1ccc(C(=O)NCc2cc(C)on2)cc1. The molecule has 0 aliphatic rings. The summed E-state index contributed by atoms with van der Waals surface area (Å²) < 4.78 is 4.91. The maximum absolute atomic E-state index is 11.9. The van der Waals surface area contributed by atoms with Gasteiger partial charge in [0.05, 0.1) is 6.54 Å². The maximum Gasteiger partial charge on any atom is 0.251 e. The van der Waals surface area contributed by atoms with Crippen molar-refractivity contribution >= 4 is 17.5 Å². The van der Waals surface area contributed by atoms with Gasteiger partial charge in [-0.05, 0) is 31.2 Å². The van der Waals surface area contributed by atoms with E-state index in [4.69, 9.17) is 4.52 Å². The number of carbonyl (C=O) groups is 2. The molecule has 2 amide bonds. The second-order valence-corrected chi connectivity index (χ2v) is 4.37. The van der Waals surface area contributed by atoms with Crippen molar-refractivity contribution in [2.24, 2.45) is 0 Å². The van der Waals surface area contributed by atoms with Crippen molar-refractivity contribution in [3.05, 3.63) is 47.3 Å². The first-order valence-electron chi connectivity index (χ1n) is 6.12. The van der Waals surface area contributed by atoms with Gasteiger partial charge in [0.25, 0.3) is 5.91 Å². The molecule has 2 rings (SSSR count). The van der Waals surface area contributed by atoms with Crippen LogP contribution in [0.3, 0.4) is 0 Å². The molecule has 1 aromatic heterocycles. The molecule has 104 valence electrons. The van der Waals surface area contributed by atoms with E-state index in [2.05, 4.69) is 15.8 Å². The monoisotopic (exact) mass is 273 g/mol. The number of rotatable bonds is 4. The summed E-state index contributed by atoms with van der Waals surface area (Å²) in [6, 6.07) is 8.41. The van der Waals surface area contributed by atoms with Gasteiger partial charge >= 0.3 is 0 Å². The predicted molar refractivity (Wildman–Crippen MR) is 73.2 cm³/mol. The molecule has 6 nitrogen and oxygen atoms in total. The number of aromatic nitrogens is 1. The van der Waals surface area contributed by atoms with E-state index in [0.29, 0.717) is 29.2 Å². The summed E-state index contributed by atoms with van der Waals surface area (Å²) in [5.74, 6) is 0.345. The fraction of sp³-hybridized carbons (Fsp3) is 0.214. The first kappa shape index (κ1) is 13.8. The normalized spacial score (nSPS) is 10.1. The number of aryl methyl sites for hydroxylation is 1. The molecule has 0 aliphatic heterocycles. The van der Waals surface area contributed by atoms with E-state index >= 15 is 0 Å². The van der Waals surface area contributed by atoms with Crippen LogP contribution in [0.15, 0.2) is 34.9 Å². The van der Waals surface area contributed by atoms with E-state index in [1.807, 2.05) is 0 Å². The van der Waals surface area contributed by atoms with Gasteiger partial charge in [-0.1, -0.05) is 5.16 Å². The number of amides is 2. The molecule has 0 aliphatic carbocycles. The van der Waals surface area contributed by atoms with Gasteiger partial charge in [0.1, 0.15) is 11.5 Å². The van der Waals surface area contributed by atoms with Crippen LogP contribution in [0.5, 0.6) is 0 Å². The van der Waals surface area contributed by atoms with Gasteiger partial charge in [0.2, 0.25) is 5.91 Å². The van der Waals surface area contributed by atoms with Crippen molar-refractivity contribution < 1.29 is 14.1 Å². The Kier molecular flexibility index (Phi) is 4.14. The molecule has 20 heavy (non-hydrogen) atoms. The smallest absolute Gasteiger partial charge is 0.251 e. The van der Waals surface area contributed by atoms with Crippen molar-refractivity contribution in [2.75, 3.05) is 5.32 Å². The number of anilines is 1. The van der Waals surface area contributed by atoms with E-state index in [1.54, 1.807) is 37.3 Å². The summed E-state index contributed by atoms with van der Waals surface area (Å²) in [4.78, 5) is 22.8. The summed E-state index contributed by atoms with van der Waals surface area (Å²) in [6.45, 7) is 3.53. The van der Waals surface area contributed by atoms with Gasteiger partial charge in [-0.2, -0.15) is 0 Å². The summed E-state index contributed by atoms with van der Waals surface area (Å²) >= 11 is 0. The molecule has 6 heteroatoms. The Bertz CT molecular complexity index is 617. The number of nitrogens with zero attached hydrogens (tertiary/aromatic N) is 1. The van der Waals surface area contributed by atoms with Crippen molar-refractivity contribution in [1.82, 2.24) is 10.5 Å². The molecule has 0 unspecified atom stereocenters. The van der Waals surface area contributed by atoms with Crippen LogP contribution in [0.1, 0.15) is 28.7 Å². The van der Waals surface area contributed by atoms with Gasteiger partial charge in [0.15, 0.2) is 0 Å². The molecular formula is C14H15N3O3. The lowest BCUT2D eigenvalue weighted by Crippen LogP contribution is -2.22. The molecule has 2 N–H and O–H groups in total. The Labute approximate surface area is 116 Å². The molecule has 1 heterocycles. The largest absolute Gasteiger partial charge is 0.361 e. The quantitative estimate of drug-likeness (QED) is 0.890. The van der Waals surface area contributed by atoms with Crippen LogP contribution in [-0.4, -0.2) is 17.0 Å². The summed E-state index contributed by atoms with van der Waals surface area (Å²) in [5, 5.41) is 9.17. The fourth-order valence-electron chi connectivity index (χ4n) is 1.68. The van der Waals surface area contributed by atoms with Crippen molar-refractivity contribution in [1.29, 1.82) is 0 Å². The minimum atomic E-state index is -0.208. The van der Waals surface area contributed by atoms with E-state index in [1.165, 1.54) is 6.92 Å². The van der Waals surface area contributed by atoms with E-state index in [0.717, 1.165) is 0 Å². The summed E-state index contributed by atoms with van der Waals surface area (Å²) in [7, 11) is 0. The van der Waals surface area contributed by atoms with Crippen molar-refractivity contribution in [2.45, 2.75) is 20.4 Å². The summed E-state index contributed by atoms with van der Waals surface area (Å²) in [5.41, 5.74) is 1.84.